The summed E-state index contributed by atoms with van der Waals surface area (Å²) in [6, 6.07) is 15.2. The van der Waals surface area contributed by atoms with Crippen molar-refractivity contribution in [2.24, 2.45) is 0 Å². The van der Waals surface area contributed by atoms with Crippen molar-refractivity contribution in [3.8, 4) is 5.69 Å². The van der Waals surface area contributed by atoms with Crippen LogP contribution in [0.3, 0.4) is 0 Å². The summed E-state index contributed by atoms with van der Waals surface area (Å²) in [7, 11) is -3.42. The third kappa shape index (κ3) is 4.49. The molecule has 0 atom stereocenters. The molecule has 4 aromatic rings. The number of aryl methyl sites for hydroxylation is 2. The number of fused-ring (bicyclic) bond motifs is 1. The largest absolute Gasteiger partial charge is 0.329 e. The molecule has 0 spiro atoms. The van der Waals surface area contributed by atoms with E-state index in [0.29, 0.717) is 36.2 Å². The van der Waals surface area contributed by atoms with E-state index >= 15 is 0 Å². The van der Waals surface area contributed by atoms with Crippen molar-refractivity contribution in [2.45, 2.75) is 24.2 Å². The number of aromatic amines is 1. The quantitative estimate of drug-likeness (QED) is 0.502. The van der Waals surface area contributed by atoms with E-state index in [1.807, 2.05) is 18.2 Å². The van der Waals surface area contributed by atoms with Crippen LogP contribution in [0.5, 0.6) is 0 Å². The molecule has 0 radical (unpaired) electrons. The molecule has 31 heavy (non-hydrogen) atoms. The second kappa shape index (κ2) is 8.31. The van der Waals surface area contributed by atoms with Crippen LogP contribution >= 0.6 is 0 Å². The van der Waals surface area contributed by atoms with E-state index in [0.717, 1.165) is 17.2 Å². The minimum atomic E-state index is -3.42. The molecule has 0 saturated carbocycles. The number of aromatic nitrogens is 3. The number of hydrogen-bond donors (Lipinski definition) is 1. The first-order valence-corrected chi connectivity index (χ1v) is 11.7. The first-order chi connectivity index (χ1) is 14.8. The summed E-state index contributed by atoms with van der Waals surface area (Å²) in [5.41, 5.74) is 2.05. The molecule has 0 aliphatic heterocycles. The second-order valence-electron chi connectivity index (χ2n) is 7.41. The Labute approximate surface area is 179 Å². The number of hydrogen-bond acceptors (Lipinski definition) is 5. The Kier molecular flexibility index (Phi) is 5.56. The fourth-order valence-electron chi connectivity index (χ4n) is 3.60. The summed E-state index contributed by atoms with van der Waals surface area (Å²) < 4.78 is 25.5. The lowest BCUT2D eigenvalue weighted by Gasteiger charge is -2.13. The molecule has 0 fully saturated rings. The number of rotatable bonds is 6. The lowest BCUT2D eigenvalue weighted by molar-refractivity contribution is 0.602. The smallest absolute Gasteiger partial charge is 0.259 e. The summed E-state index contributed by atoms with van der Waals surface area (Å²) in [5.74, 6) is 0. The van der Waals surface area contributed by atoms with E-state index in [4.69, 9.17) is 0 Å². The maximum atomic E-state index is 13.4. The SMILES string of the molecule is CS(=O)(=O)c1cccc(-n2c(=O)c(CCCc3cc[nH]c(=O)c3)cc3cccnc32)c1. The molecule has 0 amide bonds. The van der Waals surface area contributed by atoms with Gasteiger partial charge in [-0.2, -0.15) is 0 Å². The van der Waals surface area contributed by atoms with Crippen LogP contribution in [0.15, 0.2) is 81.5 Å². The predicted octanol–water partition coefficient (Wildman–Crippen LogP) is 2.65. The zero-order valence-electron chi connectivity index (χ0n) is 16.9. The van der Waals surface area contributed by atoms with Crippen molar-refractivity contribution in [2.75, 3.05) is 6.26 Å². The Morgan fingerprint density at radius 2 is 1.84 bits per heavy atom. The lowest BCUT2D eigenvalue weighted by atomic mass is 10.0. The average Bonchev–Trinajstić information content (AvgIpc) is 2.74. The normalized spacial score (nSPS) is 11.6. The van der Waals surface area contributed by atoms with Crippen LogP contribution in [0.1, 0.15) is 17.5 Å². The standard InChI is InChI=1S/C23H21N3O4S/c1-31(29,30)20-9-3-8-19(15-20)26-22-17(7-4-11-25-22)14-18(23(26)28)6-2-5-16-10-12-24-21(27)13-16/h3-4,7-15H,2,5-6H2,1H3,(H,24,27). The minimum absolute atomic E-state index is 0.140. The van der Waals surface area contributed by atoms with Crippen LogP contribution in [0.2, 0.25) is 0 Å². The summed E-state index contributed by atoms with van der Waals surface area (Å²) in [6.07, 6.45) is 6.22. The molecule has 0 unspecified atom stereocenters. The number of H-pyrrole nitrogens is 1. The maximum absolute atomic E-state index is 13.4. The van der Waals surface area contributed by atoms with Gasteiger partial charge in [0.05, 0.1) is 10.6 Å². The van der Waals surface area contributed by atoms with Gasteiger partial charge in [-0.1, -0.05) is 6.07 Å². The van der Waals surface area contributed by atoms with E-state index in [1.54, 1.807) is 36.7 Å². The van der Waals surface area contributed by atoms with Gasteiger partial charge in [-0.3, -0.25) is 14.2 Å². The third-order valence-electron chi connectivity index (χ3n) is 5.09. The Bertz CT molecular complexity index is 1490. The summed E-state index contributed by atoms with van der Waals surface area (Å²) in [5, 5.41) is 0.790. The topological polar surface area (TPSA) is 102 Å². The molecule has 3 heterocycles. The summed E-state index contributed by atoms with van der Waals surface area (Å²) in [4.78, 5) is 31.9. The summed E-state index contributed by atoms with van der Waals surface area (Å²) >= 11 is 0. The van der Waals surface area contributed by atoms with E-state index in [1.165, 1.54) is 16.7 Å². The second-order valence-corrected chi connectivity index (χ2v) is 9.43. The highest BCUT2D eigenvalue weighted by atomic mass is 32.2. The van der Waals surface area contributed by atoms with Crippen LogP contribution in [0, 0.1) is 0 Å². The fraction of sp³-hybridized carbons (Fsp3) is 0.174. The molecule has 0 saturated heterocycles. The van der Waals surface area contributed by atoms with Gasteiger partial charge >= 0.3 is 0 Å². The number of pyridine rings is 3. The molecule has 0 bridgehead atoms. The predicted molar refractivity (Wildman–Crippen MR) is 120 cm³/mol. The molecule has 1 aromatic carbocycles. The molecule has 3 aromatic heterocycles. The van der Waals surface area contributed by atoms with Crippen LogP contribution in [0.25, 0.3) is 16.7 Å². The fourth-order valence-corrected chi connectivity index (χ4v) is 4.26. The van der Waals surface area contributed by atoms with Crippen molar-refractivity contribution in [1.29, 1.82) is 0 Å². The molecular formula is C23H21N3O4S. The Balaban J connectivity index is 1.76. The van der Waals surface area contributed by atoms with Gasteiger partial charge in [0, 0.05) is 35.7 Å². The highest BCUT2D eigenvalue weighted by molar-refractivity contribution is 7.90. The zero-order valence-corrected chi connectivity index (χ0v) is 17.7. The van der Waals surface area contributed by atoms with E-state index < -0.39 is 9.84 Å². The molecule has 7 nitrogen and oxygen atoms in total. The van der Waals surface area contributed by atoms with Crippen LogP contribution in [-0.2, 0) is 22.7 Å². The van der Waals surface area contributed by atoms with E-state index in [2.05, 4.69) is 9.97 Å². The first-order valence-electron chi connectivity index (χ1n) is 9.81. The maximum Gasteiger partial charge on any atom is 0.259 e. The van der Waals surface area contributed by atoms with Gasteiger partial charge in [-0.25, -0.2) is 13.4 Å². The van der Waals surface area contributed by atoms with Crippen molar-refractivity contribution in [3.63, 3.8) is 0 Å². The highest BCUT2D eigenvalue weighted by Crippen LogP contribution is 2.19. The number of nitrogens with zero attached hydrogens (tertiary/aromatic N) is 2. The van der Waals surface area contributed by atoms with E-state index in [9.17, 15) is 18.0 Å². The highest BCUT2D eigenvalue weighted by Gasteiger charge is 2.14. The van der Waals surface area contributed by atoms with Crippen molar-refractivity contribution >= 4 is 20.9 Å². The molecule has 0 aliphatic rings. The monoisotopic (exact) mass is 435 g/mol. The lowest BCUT2D eigenvalue weighted by Crippen LogP contribution is -2.23. The van der Waals surface area contributed by atoms with E-state index in [-0.39, 0.29) is 16.0 Å². The van der Waals surface area contributed by atoms with Crippen molar-refractivity contribution in [3.05, 3.63) is 98.8 Å². The van der Waals surface area contributed by atoms with Crippen molar-refractivity contribution < 1.29 is 8.42 Å². The summed E-state index contributed by atoms with van der Waals surface area (Å²) in [6.45, 7) is 0. The van der Waals surface area contributed by atoms with Crippen LogP contribution < -0.4 is 11.1 Å². The molecule has 158 valence electrons. The van der Waals surface area contributed by atoms with Crippen molar-refractivity contribution in [1.82, 2.24) is 14.5 Å². The average molecular weight is 436 g/mol. The van der Waals surface area contributed by atoms with Gasteiger partial charge in [0.15, 0.2) is 9.84 Å². The number of benzene rings is 1. The molecule has 1 N–H and O–H groups in total. The molecule has 8 heteroatoms. The molecular weight excluding hydrogens is 414 g/mol. The Morgan fingerprint density at radius 1 is 1.00 bits per heavy atom. The first kappa shape index (κ1) is 20.7. The third-order valence-corrected chi connectivity index (χ3v) is 6.20. The molecule has 0 aliphatic carbocycles. The van der Waals surface area contributed by atoms with Gasteiger partial charge in [-0.05, 0) is 67.3 Å². The zero-order chi connectivity index (χ0) is 22.0. The molecule has 4 rings (SSSR count). The van der Waals surface area contributed by atoms with Crippen LogP contribution in [-0.4, -0.2) is 29.2 Å². The Hall–Kier alpha value is -3.52. The number of sulfone groups is 1. The Morgan fingerprint density at radius 3 is 2.61 bits per heavy atom. The van der Waals surface area contributed by atoms with Crippen LogP contribution in [0.4, 0.5) is 0 Å². The van der Waals surface area contributed by atoms with Gasteiger partial charge < -0.3 is 4.98 Å². The van der Waals surface area contributed by atoms with Gasteiger partial charge in [0.1, 0.15) is 5.65 Å². The van der Waals surface area contributed by atoms with Gasteiger partial charge in [0.2, 0.25) is 5.56 Å². The van der Waals surface area contributed by atoms with Gasteiger partial charge in [0.25, 0.3) is 5.56 Å². The minimum Gasteiger partial charge on any atom is -0.329 e. The van der Waals surface area contributed by atoms with Gasteiger partial charge in [-0.15, -0.1) is 0 Å². The number of nitrogens with one attached hydrogen (secondary N) is 1.